The number of nitrogens with one attached hydrogen (secondary N) is 1. The van der Waals surface area contributed by atoms with Crippen molar-refractivity contribution in [1.82, 2.24) is 5.32 Å². The van der Waals surface area contributed by atoms with E-state index in [0.717, 1.165) is 34.2 Å². The lowest BCUT2D eigenvalue weighted by atomic mass is 9.89. The number of hydrogen-bond acceptors (Lipinski definition) is 13. The van der Waals surface area contributed by atoms with Crippen LogP contribution in [0, 0.1) is 12.7 Å². The minimum absolute atomic E-state index is 0.0667. The molecule has 63 heavy (non-hydrogen) atoms. The third kappa shape index (κ3) is 11.7. The van der Waals surface area contributed by atoms with Gasteiger partial charge in [-0.1, -0.05) is 55.3 Å². The van der Waals surface area contributed by atoms with Crippen LogP contribution in [0.15, 0.2) is 72.8 Å². The molecule has 0 bridgehead atoms. The normalized spacial score (nSPS) is 25.0. The Hall–Kier alpha value is -4.84. The summed E-state index contributed by atoms with van der Waals surface area (Å²) >= 11 is 0. The highest BCUT2D eigenvalue weighted by Gasteiger charge is 2.52. The average Bonchev–Trinajstić information content (AvgIpc) is 3.21. The van der Waals surface area contributed by atoms with Crippen molar-refractivity contribution in [2.45, 2.75) is 128 Å². The monoisotopic (exact) mass is 879 g/mol. The molecule has 0 unspecified atom stereocenters. The Kier molecular flexibility index (Phi) is 16.2. The molecule has 0 radical (unpaired) electrons. The summed E-state index contributed by atoms with van der Waals surface area (Å²) in [6.07, 6.45) is -7.21. The van der Waals surface area contributed by atoms with Crippen LogP contribution in [-0.4, -0.2) is 118 Å². The van der Waals surface area contributed by atoms with Gasteiger partial charge in [0.2, 0.25) is 18.5 Å². The molecule has 2 fully saturated rings. The second-order valence-corrected chi connectivity index (χ2v) is 17.0. The lowest BCUT2D eigenvalue weighted by molar-refractivity contribution is -0.306. The number of phenols is 2. The van der Waals surface area contributed by atoms with E-state index in [2.05, 4.69) is 5.32 Å². The number of amides is 1. The van der Waals surface area contributed by atoms with Gasteiger partial charge < -0.3 is 64.4 Å². The summed E-state index contributed by atoms with van der Waals surface area (Å²) in [6, 6.07) is 20.5. The van der Waals surface area contributed by atoms with Crippen LogP contribution in [0.2, 0.25) is 0 Å². The van der Waals surface area contributed by atoms with Gasteiger partial charge in [-0.2, -0.15) is 0 Å². The molecule has 2 saturated heterocycles. The van der Waals surface area contributed by atoms with Crippen LogP contribution < -0.4 is 14.8 Å². The number of aryl methyl sites for hydroxylation is 2. The molecule has 15 heteroatoms. The Bertz CT molecular complexity index is 2180. The van der Waals surface area contributed by atoms with Gasteiger partial charge in [0, 0.05) is 27.7 Å². The number of phenolic OH excluding ortho intramolecular Hbond substituents is 2. The fourth-order valence-electron chi connectivity index (χ4n) is 8.13. The van der Waals surface area contributed by atoms with Crippen molar-refractivity contribution in [3.63, 3.8) is 0 Å². The minimum atomic E-state index is -1.39. The van der Waals surface area contributed by atoms with Crippen LogP contribution in [0.3, 0.4) is 0 Å². The molecule has 2 heterocycles. The number of ether oxygens (including phenoxy) is 6. The topological polar surface area (TPSA) is 206 Å². The molecule has 344 valence electrons. The molecule has 2 aliphatic rings. The zero-order valence-electron chi connectivity index (χ0n) is 37.3. The van der Waals surface area contributed by atoms with Gasteiger partial charge in [0.15, 0.2) is 23.0 Å². The highest BCUT2D eigenvalue weighted by Crippen LogP contribution is 2.41. The van der Waals surface area contributed by atoms with E-state index in [9.17, 15) is 39.8 Å². The van der Waals surface area contributed by atoms with Gasteiger partial charge in [-0.15, -0.1) is 0 Å². The highest BCUT2D eigenvalue weighted by atomic mass is 19.1. The molecule has 6 rings (SSSR count). The number of halogens is 1. The zero-order valence-corrected chi connectivity index (χ0v) is 37.3. The maximum atomic E-state index is 13.8. The third-order valence-corrected chi connectivity index (χ3v) is 11.2. The molecule has 7 N–H and O–H groups in total. The SMILES string of the molecule is CCCc1cc(O)c(O[C@@H]2OC(C)(C)[C@H](OC)[C@@H](O)[C@H]2O)cc1-c1cccc(F)c1.CO[C@@H]1[C@@H](O)[C@@H](O)[C@H](Oc2cc(CCNC(C)=O)c(-c3cccc(C)c3)cc2O)OC1(C)C. The Morgan fingerprint density at radius 3 is 1.70 bits per heavy atom. The van der Waals surface area contributed by atoms with Crippen LogP contribution in [0.25, 0.3) is 22.3 Å². The van der Waals surface area contributed by atoms with Crippen LogP contribution in [-0.2, 0) is 36.6 Å². The van der Waals surface area contributed by atoms with E-state index in [-0.39, 0.29) is 34.7 Å². The van der Waals surface area contributed by atoms with Gasteiger partial charge in [-0.05, 0) is 117 Å². The first-order valence-electron chi connectivity index (χ1n) is 21.0. The van der Waals surface area contributed by atoms with Crippen LogP contribution >= 0.6 is 0 Å². The average molecular weight is 880 g/mol. The number of methoxy groups -OCH3 is 2. The first-order valence-corrected chi connectivity index (χ1v) is 21.0. The predicted octanol–water partition coefficient (Wildman–Crippen LogP) is 5.70. The van der Waals surface area contributed by atoms with Crippen molar-refractivity contribution in [3.05, 3.63) is 95.3 Å². The van der Waals surface area contributed by atoms with E-state index < -0.39 is 60.4 Å². The molecule has 1 amide bonds. The fraction of sp³-hybridized carbons (Fsp3) is 0.479. The number of aromatic hydroxyl groups is 2. The molecule has 2 aliphatic heterocycles. The van der Waals surface area contributed by atoms with Crippen molar-refractivity contribution in [1.29, 1.82) is 0 Å². The maximum Gasteiger partial charge on any atom is 0.229 e. The maximum absolute atomic E-state index is 13.8. The summed E-state index contributed by atoms with van der Waals surface area (Å²) in [6.45, 7) is 12.7. The molecule has 4 aromatic carbocycles. The summed E-state index contributed by atoms with van der Waals surface area (Å²) in [5.74, 6) is -0.594. The Morgan fingerprint density at radius 1 is 0.698 bits per heavy atom. The summed E-state index contributed by atoms with van der Waals surface area (Å²) in [5.41, 5.74) is 3.95. The van der Waals surface area contributed by atoms with E-state index in [1.807, 2.05) is 38.1 Å². The number of rotatable bonds is 13. The molecular formula is C48H62FNO13. The van der Waals surface area contributed by atoms with Crippen LogP contribution in [0.4, 0.5) is 4.39 Å². The van der Waals surface area contributed by atoms with Gasteiger partial charge in [0.25, 0.3) is 0 Å². The molecule has 14 nitrogen and oxygen atoms in total. The first-order chi connectivity index (χ1) is 29.7. The van der Waals surface area contributed by atoms with Gasteiger partial charge in [-0.25, -0.2) is 4.39 Å². The zero-order chi connectivity index (χ0) is 46.4. The standard InChI is InChI=1S/C25H33NO7.C23H29FO6/c1-14-7-6-8-16(11-14)18-13-19(28)20(12-17(18)9-10-26-15(2)27)32-24-22(30)21(29)23(31-5)25(3,4)33-24;1-5-7-13-11-17(25)18(12-16(13)14-8-6-9-15(24)10-14)29-22-20(27)19(26)21(28-4)23(2,3)30-22/h6-8,11-13,21-24,28-30H,9-10H2,1-5H3,(H,26,27);6,8-12,19-22,25-27H,5,7H2,1-4H3/t21-,22+,23+,24+;19-,20+,21+,22+/m00/s1. The lowest BCUT2D eigenvalue weighted by Crippen LogP contribution is -2.63. The number of aliphatic hydroxyl groups excluding tert-OH is 4. The summed E-state index contributed by atoms with van der Waals surface area (Å²) in [7, 11) is 2.86. The number of carbonyl (C=O) groups is 1. The Labute approximate surface area is 368 Å². The van der Waals surface area contributed by atoms with Crippen LogP contribution in [0.5, 0.6) is 23.0 Å². The molecule has 0 aromatic heterocycles. The van der Waals surface area contributed by atoms with E-state index >= 15 is 0 Å². The van der Waals surface area contributed by atoms with Gasteiger partial charge in [0.05, 0.1) is 11.2 Å². The van der Waals surface area contributed by atoms with Gasteiger partial charge in [0.1, 0.15) is 42.4 Å². The van der Waals surface area contributed by atoms with Crippen molar-refractivity contribution >= 4 is 5.91 Å². The number of aliphatic hydroxyl groups is 4. The van der Waals surface area contributed by atoms with Crippen molar-refractivity contribution < 1.29 is 68.2 Å². The van der Waals surface area contributed by atoms with E-state index in [1.54, 1.807) is 64.1 Å². The molecule has 4 aromatic rings. The summed E-state index contributed by atoms with van der Waals surface area (Å²) in [4.78, 5) is 11.3. The van der Waals surface area contributed by atoms with Crippen molar-refractivity contribution in [3.8, 4) is 45.3 Å². The first kappa shape index (κ1) is 49.2. The Morgan fingerprint density at radius 2 is 1.19 bits per heavy atom. The summed E-state index contributed by atoms with van der Waals surface area (Å²) in [5, 5.41) is 66.0. The Balaban J connectivity index is 0.000000239. The molecule has 0 aliphatic carbocycles. The van der Waals surface area contributed by atoms with Gasteiger partial charge in [-0.3, -0.25) is 4.79 Å². The summed E-state index contributed by atoms with van der Waals surface area (Å²) < 4.78 is 47.7. The van der Waals surface area contributed by atoms with E-state index in [1.165, 1.54) is 33.3 Å². The number of hydrogen-bond donors (Lipinski definition) is 7. The number of benzene rings is 4. The highest BCUT2D eigenvalue weighted by molar-refractivity contribution is 5.74. The molecule has 0 saturated carbocycles. The third-order valence-electron chi connectivity index (χ3n) is 11.2. The van der Waals surface area contributed by atoms with Crippen molar-refractivity contribution in [2.24, 2.45) is 0 Å². The van der Waals surface area contributed by atoms with Crippen LogP contribution in [0.1, 0.15) is 64.7 Å². The molecular weight excluding hydrogens is 818 g/mol. The van der Waals surface area contributed by atoms with Gasteiger partial charge >= 0.3 is 0 Å². The van der Waals surface area contributed by atoms with E-state index in [4.69, 9.17) is 28.4 Å². The number of carbonyl (C=O) groups excluding carboxylic acids is 1. The smallest absolute Gasteiger partial charge is 0.229 e. The predicted molar refractivity (Wildman–Crippen MR) is 233 cm³/mol. The van der Waals surface area contributed by atoms with Crippen molar-refractivity contribution in [2.75, 3.05) is 20.8 Å². The largest absolute Gasteiger partial charge is 0.504 e. The molecule has 0 spiro atoms. The molecule has 8 atom stereocenters. The fourth-order valence-corrected chi connectivity index (χ4v) is 8.13. The minimum Gasteiger partial charge on any atom is -0.504 e. The quantitative estimate of drug-likeness (QED) is 0.0863. The lowest BCUT2D eigenvalue weighted by Gasteiger charge is -2.46. The second-order valence-electron chi connectivity index (χ2n) is 17.0. The second kappa shape index (κ2) is 20.8. The van der Waals surface area contributed by atoms with E-state index in [0.29, 0.717) is 30.5 Å².